The van der Waals surface area contributed by atoms with E-state index in [1.807, 2.05) is 0 Å². The van der Waals surface area contributed by atoms with E-state index in [4.69, 9.17) is 4.74 Å². The molecule has 0 aliphatic heterocycles. The SMILES string of the molecule is CC[NH+](CC)CCC[C@H](C)NS(=O)(=O)c1ccc(OC)c([N+](=O)[O-])c1. The van der Waals surface area contributed by atoms with E-state index in [0.29, 0.717) is 6.42 Å². The van der Waals surface area contributed by atoms with Crippen molar-refractivity contribution < 1.29 is 23.0 Å². The molecule has 0 saturated heterocycles. The molecule has 0 unspecified atom stereocenters. The van der Waals surface area contributed by atoms with Crippen molar-refractivity contribution in [3.05, 3.63) is 28.3 Å². The molecule has 2 N–H and O–H groups in total. The molecule has 0 saturated carbocycles. The van der Waals surface area contributed by atoms with Crippen LogP contribution < -0.4 is 14.4 Å². The van der Waals surface area contributed by atoms with Crippen LogP contribution in [0.1, 0.15) is 33.6 Å². The molecule has 25 heavy (non-hydrogen) atoms. The van der Waals surface area contributed by atoms with Crippen molar-refractivity contribution in [3.8, 4) is 5.75 Å². The van der Waals surface area contributed by atoms with Crippen LogP contribution in [-0.2, 0) is 10.0 Å². The molecule has 1 aromatic rings. The third kappa shape index (κ3) is 6.26. The van der Waals surface area contributed by atoms with Crippen LogP contribution in [0.15, 0.2) is 23.1 Å². The standard InChI is InChI=1S/C16H27N3O5S/c1-5-18(6-2)11-7-8-13(3)17-25(22,23)14-9-10-16(24-4)15(12-14)19(20)21/h9-10,12-13,17H,5-8,11H2,1-4H3/p+1/t13-/m0/s1. The van der Waals surface area contributed by atoms with Crippen molar-refractivity contribution in [2.75, 3.05) is 26.7 Å². The molecule has 1 rings (SSSR count). The maximum Gasteiger partial charge on any atom is 0.312 e. The number of rotatable bonds is 11. The quantitative estimate of drug-likeness (QED) is 0.444. The first kappa shape index (κ1) is 21.3. The van der Waals surface area contributed by atoms with Crippen LogP contribution in [0.25, 0.3) is 0 Å². The predicted octanol–water partition coefficient (Wildman–Crippen LogP) is 0.975. The summed E-state index contributed by atoms with van der Waals surface area (Å²) >= 11 is 0. The maximum atomic E-state index is 12.4. The molecule has 8 nitrogen and oxygen atoms in total. The predicted molar refractivity (Wildman–Crippen MR) is 95.6 cm³/mol. The summed E-state index contributed by atoms with van der Waals surface area (Å²) in [7, 11) is -2.52. The molecule has 0 aliphatic carbocycles. The Morgan fingerprint density at radius 3 is 2.48 bits per heavy atom. The van der Waals surface area contributed by atoms with Crippen LogP contribution in [0.3, 0.4) is 0 Å². The van der Waals surface area contributed by atoms with E-state index in [-0.39, 0.29) is 22.4 Å². The molecule has 0 radical (unpaired) electrons. The summed E-state index contributed by atoms with van der Waals surface area (Å²) in [5.41, 5.74) is -0.372. The Kier molecular flexibility index (Phi) is 8.27. The van der Waals surface area contributed by atoms with Crippen molar-refractivity contribution in [2.24, 2.45) is 0 Å². The van der Waals surface area contributed by atoms with Crippen molar-refractivity contribution >= 4 is 15.7 Å². The minimum Gasteiger partial charge on any atom is -0.490 e. The first-order valence-electron chi connectivity index (χ1n) is 8.43. The number of nitrogens with one attached hydrogen (secondary N) is 2. The molecule has 0 heterocycles. The van der Waals surface area contributed by atoms with Gasteiger partial charge in [-0.05, 0) is 45.7 Å². The Hall–Kier alpha value is -1.71. The van der Waals surface area contributed by atoms with E-state index in [0.717, 1.165) is 32.1 Å². The van der Waals surface area contributed by atoms with Crippen molar-refractivity contribution in [2.45, 2.75) is 44.6 Å². The van der Waals surface area contributed by atoms with Crippen LogP contribution in [0.4, 0.5) is 5.69 Å². The fraction of sp³-hybridized carbons (Fsp3) is 0.625. The van der Waals surface area contributed by atoms with Crippen LogP contribution in [0.2, 0.25) is 0 Å². The Bertz CT molecular complexity index is 674. The minimum absolute atomic E-state index is 0.0270. The van der Waals surface area contributed by atoms with Crippen LogP contribution in [0, 0.1) is 10.1 Å². The number of nitro groups is 1. The van der Waals surface area contributed by atoms with Crippen LogP contribution in [0.5, 0.6) is 5.75 Å². The molecular formula is C16H28N3O5S+. The average molecular weight is 374 g/mol. The first-order chi connectivity index (χ1) is 11.7. The number of methoxy groups -OCH3 is 1. The minimum atomic E-state index is -3.82. The summed E-state index contributed by atoms with van der Waals surface area (Å²) in [6.45, 7) is 9.14. The lowest BCUT2D eigenvalue weighted by atomic mass is 10.2. The van der Waals surface area contributed by atoms with Gasteiger partial charge >= 0.3 is 5.69 Å². The Balaban J connectivity index is 2.78. The van der Waals surface area contributed by atoms with Crippen molar-refractivity contribution in [1.82, 2.24) is 4.72 Å². The highest BCUT2D eigenvalue weighted by molar-refractivity contribution is 7.89. The molecule has 142 valence electrons. The molecule has 0 aromatic heterocycles. The summed E-state index contributed by atoms with van der Waals surface area (Å²) in [5, 5.41) is 11.1. The number of nitro benzene ring substituents is 1. The van der Waals surface area contributed by atoms with Gasteiger partial charge in [-0.3, -0.25) is 10.1 Å². The van der Waals surface area contributed by atoms with Gasteiger partial charge in [0.2, 0.25) is 10.0 Å². The number of ether oxygens (including phenoxy) is 1. The van der Waals surface area contributed by atoms with Crippen molar-refractivity contribution in [3.63, 3.8) is 0 Å². The van der Waals surface area contributed by atoms with Crippen LogP contribution in [-0.4, -0.2) is 46.1 Å². The Morgan fingerprint density at radius 2 is 1.96 bits per heavy atom. The molecular weight excluding hydrogens is 346 g/mol. The van der Waals surface area contributed by atoms with E-state index in [1.54, 1.807) is 6.92 Å². The summed E-state index contributed by atoms with van der Waals surface area (Å²) < 4.78 is 32.4. The number of benzene rings is 1. The molecule has 0 fully saturated rings. The molecule has 9 heteroatoms. The fourth-order valence-electron chi connectivity index (χ4n) is 2.63. The zero-order valence-electron chi connectivity index (χ0n) is 15.2. The van der Waals surface area contributed by atoms with Crippen LogP contribution >= 0.6 is 0 Å². The zero-order chi connectivity index (χ0) is 19.0. The third-order valence-corrected chi connectivity index (χ3v) is 5.77. The van der Waals surface area contributed by atoms with Gasteiger partial charge in [-0.25, -0.2) is 13.1 Å². The molecule has 1 atom stereocenters. The fourth-order valence-corrected chi connectivity index (χ4v) is 3.93. The Labute approximate surface area is 149 Å². The second-order valence-corrected chi connectivity index (χ2v) is 7.68. The van der Waals surface area contributed by atoms with Gasteiger partial charge in [-0.2, -0.15) is 0 Å². The van der Waals surface area contributed by atoms with Gasteiger partial charge in [0.05, 0.1) is 36.6 Å². The van der Waals surface area contributed by atoms with Gasteiger partial charge < -0.3 is 9.64 Å². The summed E-state index contributed by atoms with van der Waals surface area (Å²) in [6.07, 6.45) is 1.62. The monoisotopic (exact) mass is 374 g/mol. The van der Waals surface area contributed by atoms with E-state index >= 15 is 0 Å². The van der Waals surface area contributed by atoms with E-state index < -0.39 is 14.9 Å². The summed E-state index contributed by atoms with van der Waals surface area (Å²) in [4.78, 5) is 11.7. The molecule has 1 aromatic carbocycles. The average Bonchev–Trinajstić information content (AvgIpc) is 2.57. The van der Waals surface area contributed by atoms with Gasteiger partial charge in [0.25, 0.3) is 0 Å². The van der Waals surface area contributed by atoms with E-state index in [2.05, 4.69) is 18.6 Å². The number of quaternary nitrogens is 1. The number of nitrogens with zero attached hydrogens (tertiary/aromatic N) is 1. The lowest BCUT2D eigenvalue weighted by molar-refractivity contribution is -0.896. The topological polar surface area (TPSA) is 103 Å². The lowest BCUT2D eigenvalue weighted by Crippen LogP contribution is -3.11. The lowest BCUT2D eigenvalue weighted by Gasteiger charge is -2.18. The zero-order valence-corrected chi connectivity index (χ0v) is 16.1. The molecule has 0 aliphatic rings. The normalized spacial score (nSPS) is 13.0. The molecule has 0 amide bonds. The summed E-state index contributed by atoms with van der Waals surface area (Å²) in [5.74, 6) is 0.0270. The number of hydrogen-bond donors (Lipinski definition) is 2. The highest BCUT2D eigenvalue weighted by Gasteiger charge is 2.23. The second kappa shape index (κ2) is 9.69. The third-order valence-electron chi connectivity index (χ3n) is 4.18. The second-order valence-electron chi connectivity index (χ2n) is 5.96. The smallest absolute Gasteiger partial charge is 0.312 e. The Morgan fingerprint density at radius 1 is 1.32 bits per heavy atom. The van der Waals surface area contributed by atoms with E-state index in [1.165, 1.54) is 24.1 Å². The van der Waals surface area contributed by atoms with Gasteiger partial charge in [0.15, 0.2) is 5.75 Å². The van der Waals surface area contributed by atoms with Gasteiger partial charge in [0.1, 0.15) is 0 Å². The summed E-state index contributed by atoms with van der Waals surface area (Å²) in [6, 6.07) is 3.37. The van der Waals surface area contributed by atoms with E-state index in [9.17, 15) is 18.5 Å². The molecule has 0 bridgehead atoms. The molecule has 0 spiro atoms. The van der Waals surface area contributed by atoms with Crippen molar-refractivity contribution in [1.29, 1.82) is 0 Å². The highest BCUT2D eigenvalue weighted by Crippen LogP contribution is 2.29. The highest BCUT2D eigenvalue weighted by atomic mass is 32.2. The van der Waals surface area contributed by atoms with Gasteiger partial charge in [0, 0.05) is 12.1 Å². The number of sulfonamides is 1. The number of hydrogen-bond acceptors (Lipinski definition) is 5. The first-order valence-corrected chi connectivity index (χ1v) is 9.91. The maximum absolute atomic E-state index is 12.4. The van der Waals surface area contributed by atoms with Gasteiger partial charge in [-0.15, -0.1) is 0 Å². The largest absolute Gasteiger partial charge is 0.490 e. The van der Waals surface area contributed by atoms with Gasteiger partial charge in [-0.1, -0.05) is 0 Å².